The van der Waals surface area contributed by atoms with Crippen LogP contribution in [-0.2, 0) is 9.47 Å². The topological polar surface area (TPSA) is 30.5 Å². The van der Waals surface area contributed by atoms with Gasteiger partial charge in [0.2, 0.25) is 0 Å². The minimum absolute atomic E-state index is 0.233. The summed E-state index contributed by atoms with van der Waals surface area (Å²) in [6.45, 7) is 8.78. The molecule has 0 aromatic carbocycles. The second kappa shape index (κ2) is 4.81. The Bertz CT molecular complexity index is 206. The fourth-order valence-corrected chi connectivity index (χ4v) is 2.23. The largest absolute Gasteiger partial charge is 0.381 e. The van der Waals surface area contributed by atoms with E-state index in [1.807, 2.05) is 0 Å². The summed E-state index contributed by atoms with van der Waals surface area (Å²) < 4.78 is 10.7. The second-order valence-corrected chi connectivity index (χ2v) is 5.23. The summed E-state index contributed by atoms with van der Waals surface area (Å²) >= 11 is 0. The third-order valence-electron chi connectivity index (χ3n) is 4.00. The lowest BCUT2D eigenvalue weighted by Crippen LogP contribution is -2.63. The van der Waals surface area contributed by atoms with E-state index in [-0.39, 0.29) is 11.5 Å². The molecule has 0 bridgehead atoms. The molecule has 1 rings (SSSR count). The lowest BCUT2D eigenvalue weighted by Gasteiger charge is -2.52. The molecule has 0 spiro atoms. The minimum atomic E-state index is 0.233. The van der Waals surface area contributed by atoms with Crippen LogP contribution in [0.2, 0.25) is 0 Å². The average Bonchev–Trinajstić information content (AvgIpc) is 2.21. The zero-order valence-corrected chi connectivity index (χ0v) is 10.8. The van der Waals surface area contributed by atoms with E-state index in [2.05, 4.69) is 33.0 Å². The molecule has 0 saturated heterocycles. The van der Waals surface area contributed by atoms with Gasteiger partial charge in [0.05, 0.1) is 12.2 Å². The lowest BCUT2D eigenvalue weighted by atomic mass is 9.64. The van der Waals surface area contributed by atoms with Gasteiger partial charge in [-0.25, -0.2) is 0 Å². The first-order valence-electron chi connectivity index (χ1n) is 5.75. The van der Waals surface area contributed by atoms with Gasteiger partial charge < -0.3 is 14.8 Å². The molecule has 1 N–H and O–H groups in total. The van der Waals surface area contributed by atoms with Crippen LogP contribution in [-0.4, -0.2) is 38.5 Å². The van der Waals surface area contributed by atoms with Gasteiger partial charge in [0.15, 0.2) is 0 Å². The highest BCUT2D eigenvalue weighted by molar-refractivity contribution is 5.03. The van der Waals surface area contributed by atoms with Crippen LogP contribution in [0.1, 0.15) is 34.1 Å². The smallest absolute Gasteiger partial charge is 0.0693 e. The van der Waals surface area contributed by atoms with Crippen LogP contribution in [0.25, 0.3) is 0 Å². The van der Waals surface area contributed by atoms with Gasteiger partial charge in [0.1, 0.15) is 0 Å². The van der Waals surface area contributed by atoms with Crippen molar-refractivity contribution in [1.82, 2.24) is 5.32 Å². The number of ether oxygens (including phenoxy) is 2. The predicted octanol–water partition coefficient (Wildman–Crippen LogP) is 1.81. The highest BCUT2D eigenvalue weighted by Crippen LogP contribution is 2.42. The Morgan fingerprint density at radius 2 is 1.87 bits per heavy atom. The van der Waals surface area contributed by atoms with Crippen molar-refractivity contribution < 1.29 is 9.47 Å². The maximum absolute atomic E-state index is 5.43. The van der Waals surface area contributed by atoms with Gasteiger partial charge in [0, 0.05) is 31.7 Å². The Morgan fingerprint density at radius 1 is 1.27 bits per heavy atom. The van der Waals surface area contributed by atoms with E-state index >= 15 is 0 Å². The maximum Gasteiger partial charge on any atom is 0.0693 e. The first-order chi connectivity index (χ1) is 6.93. The van der Waals surface area contributed by atoms with Gasteiger partial charge in [-0.15, -0.1) is 0 Å². The van der Waals surface area contributed by atoms with E-state index in [9.17, 15) is 0 Å². The normalized spacial score (nSPS) is 33.2. The molecule has 4 atom stereocenters. The highest BCUT2D eigenvalue weighted by Gasteiger charge is 2.48. The van der Waals surface area contributed by atoms with Crippen LogP contribution in [0.15, 0.2) is 0 Å². The van der Waals surface area contributed by atoms with Crippen LogP contribution in [0.4, 0.5) is 0 Å². The third-order valence-corrected chi connectivity index (χ3v) is 4.00. The van der Waals surface area contributed by atoms with E-state index < -0.39 is 0 Å². The summed E-state index contributed by atoms with van der Waals surface area (Å²) in [4.78, 5) is 0. The molecule has 15 heavy (non-hydrogen) atoms. The zero-order chi connectivity index (χ0) is 11.6. The molecule has 0 aromatic heterocycles. The van der Waals surface area contributed by atoms with E-state index in [0.29, 0.717) is 18.2 Å². The van der Waals surface area contributed by atoms with Crippen LogP contribution in [0, 0.1) is 5.41 Å². The Hall–Kier alpha value is -0.120. The van der Waals surface area contributed by atoms with Crippen LogP contribution in [0.3, 0.4) is 0 Å². The first kappa shape index (κ1) is 12.9. The van der Waals surface area contributed by atoms with Crippen LogP contribution in [0.5, 0.6) is 0 Å². The molecule has 0 aliphatic heterocycles. The van der Waals surface area contributed by atoms with Crippen LogP contribution < -0.4 is 5.32 Å². The van der Waals surface area contributed by atoms with Gasteiger partial charge in [-0.2, -0.15) is 0 Å². The molecule has 0 amide bonds. The maximum atomic E-state index is 5.43. The van der Waals surface area contributed by atoms with E-state index in [4.69, 9.17) is 9.47 Å². The zero-order valence-electron chi connectivity index (χ0n) is 10.8. The molecule has 1 fully saturated rings. The van der Waals surface area contributed by atoms with E-state index in [1.54, 1.807) is 14.2 Å². The fourth-order valence-electron chi connectivity index (χ4n) is 2.23. The Morgan fingerprint density at radius 3 is 2.27 bits per heavy atom. The predicted molar refractivity (Wildman–Crippen MR) is 62.1 cm³/mol. The van der Waals surface area contributed by atoms with E-state index in [0.717, 1.165) is 6.42 Å². The van der Waals surface area contributed by atoms with Crippen molar-refractivity contribution in [3.8, 4) is 0 Å². The second-order valence-electron chi connectivity index (χ2n) is 5.23. The van der Waals surface area contributed by atoms with Crippen molar-refractivity contribution in [2.24, 2.45) is 5.41 Å². The van der Waals surface area contributed by atoms with Crippen molar-refractivity contribution >= 4 is 0 Å². The number of nitrogens with one attached hydrogen (secondary N) is 1. The molecule has 0 aromatic rings. The quantitative estimate of drug-likeness (QED) is 0.759. The van der Waals surface area contributed by atoms with Gasteiger partial charge in [-0.3, -0.25) is 0 Å². The minimum Gasteiger partial charge on any atom is -0.381 e. The van der Waals surface area contributed by atoms with Gasteiger partial charge in [-0.05, 0) is 20.3 Å². The molecular formula is C12H25NO2. The van der Waals surface area contributed by atoms with Crippen molar-refractivity contribution in [2.75, 3.05) is 14.2 Å². The first-order valence-corrected chi connectivity index (χ1v) is 5.75. The summed E-state index contributed by atoms with van der Waals surface area (Å²) in [5.41, 5.74) is 0.233. The fraction of sp³-hybridized carbons (Fsp3) is 1.00. The molecule has 0 heterocycles. The van der Waals surface area contributed by atoms with Crippen molar-refractivity contribution in [3.63, 3.8) is 0 Å². The summed E-state index contributed by atoms with van der Waals surface area (Å²) in [7, 11) is 3.55. The molecule has 90 valence electrons. The Labute approximate surface area is 93.5 Å². The Balaban J connectivity index is 2.42. The summed E-state index contributed by atoms with van der Waals surface area (Å²) in [5, 5.41) is 3.62. The van der Waals surface area contributed by atoms with Crippen molar-refractivity contribution in [1.29, 1.82) is 0 Å². The SMILES string of the molecule is COC(C)C(C)NC1CC(OC)C1(C)C. The number of methoxy groups -OCH3 is 2. The molecule has 1 aliphatic carbocycles. The van der Waals surface area contributed by atoms with E-state index in [1.165, 1.54) is 0 Å². The Kier molecular flexibility index (Phi) is 4.15. The average molecular weight is 215 g/mol. The van der Waals surface area contributed by atoms with Gasteiger partial charge in [0.25, 0.3) is 0 Å². The summed E-state index contributed by atoms with van der Waals surface area (Å²) in [6, 6.07) is 0.923. The summed E-state index contributed by atoms with van der Waals surface area (Å²) in [6.07, 6.45) is 1.74. The molecule has 3 heteroatoms. The van der Waals surface area contributed by atoms with Crippen molar-refractivity contribution in [2.45, 2.75) is 58.4 Å². The number of hydrogen-bond donors (Lipinski definition) is 1. The summed E-state index contributed by atoms with van der Waals surface area (Å²) in [5.74, 6) is 0. The molecule has 4 unspecified atom stereocenters. The van der Waals surface area contributed by atoms with Gasteiger partial charge >= 0.3 is 0 Å². The molecule has 1 saturated carbocycles. The molecule has 1 aliphatic rings. The number of rotatable bonds is 5. The monoisotopic (exact) mass is 215 g/mol. The highest BCUT2D eigenvalue weighted by atomic mass is 16.5. The number of hydrogen-bond acceptors (Lipinski definition) is 3. The van der Waals surface area contributed by atoms with Crippen molar-refractivity contribution in [3.05, 3.63) is 0 Å². The standard InChI is InChI=1S/C12H25NO2/c1-8(9(2)14-5)13-10-7-11(15-6)12(10,3)4/h8-11,13H,7H2,1-6H3. The van der Waals surface area contributed by atoms with Gasteiger partial charge in [-0.1, -0.05) is 13.8 Å². The third kappa shape index (κ3) is 2.52. The molecule has 0 radical (unpaired) electrons. The molecule has 3 nitrogen and oxygen atoms in total. The lowest BCUT2D eigenvalue weighted by molar-refractivity contribution is -0.103. The molecular weight excluding hydrogens is 190 g/mol. The van der Waals surface area contributed by atoms with Crippen LogP contribution >= 0.6 is 0 Å².